The SMILES string of the molecule is COC(=O)c1sc2cc([N+](=O)[O-])cc([N+](=O)[O-])c2c1NC(=O)[C@](F)(OC)C(F)(F)F. The smallest absolute Gasteiger partial charge is 0.458 e. The number of nitrogens with zero attached hydrogens (tertiary/aromatic N) is 2. The highest BCUT2D eigenvalue weighted by Crippen LogP contribution is 2.45. The van der Waals surface area contributed by atoms with Crippen LogP contribution in [0, 0.1) is 20.2 Å². The van der Waals surface area contributed by atoms with Crippen molar-refractivity contribution < 1.29 is 46.5 Å². The predicted molar refractivity (Wildman–Crippen MR) is 92.0 cm³/mol. The number of carbonyl (C=O) groups is 2. The first-order valence-electron chi connectivity index (χ1n) is 7.38. The molecule has 0 saturated carbocycles. The quantitative estimate of drug-likeness (QED) is 0.302. The number of amides is 1. The minimum absolute atomic E-state index is 0.256. The first kappa shape index (κ1) is 22.9. The lowest BCUT2D eigenvalue weighted by molar-refractivity contribution is -0.393. The van der Waals surface area contributed by atoms with E-state index in [9.17, 15) is 47.4 Å². The summed E-state index contributed by atoms with van der Waals surface area (Å²) in [6.45, 7) is 0. The van der Waals surface area contributed by atoms with Crippen LogP contribution in [-0.2, 0) is 14.3 Å². The maximum atomic E-state index is 14.2. The van der Waals surface area contributed by atoms with E-state index in [0.29, 0.717) is 17.4 Å². The fourth-order valence-corrected chi connectivity index (χ4v) is 3.46. The third kappa shape index (κ3) is 3.73. The molecule has 0 saturated heterocycles. The van der Waals surface area contributed by atoms with Crippen LogP contribution in [0.5, 0.6) is 0 Å². The van der Waals surface area contributed by atoms with Gasteiger partial charge in [-0.1, -0.05) is 0 Å². The predicted octanol–water partition coefficient (Wildman–Crippen LogP) is 3.32. The molecule has 30 heavy (non-hydrogen) atoms. The molecule has 0 fully saturated rings. The molecule has 0 unspecified atom stereocenters. The van der Waals surface area contributed by atoms with Crippen LogP contribution in [0.3, 0.4) is 0 Å². The minimum atomic E-state index is -5.84. The van der Waals surface area contributed by atoms with E-state index >= 15 is 0 Å². The van der Waals surface area contributed by atoms with E-state index in [-0.39, 0.29) is 11.8 Å². The normalized spacial score (nSPS) is 13.5. The number of ether oxygens (including phenoxy) is 2. The largest absolute Gasteiger partial charge is 0.465 e. The Hall–Kier alpha value is -3.40. The zero-order chi connectivity index (χ0) is 23.0. The van der Waals surface area contributed by atoms with Crippen molar-refractivity contribution in [2.45, 2.75) is 12.0 Å². The van der Waals surface area contributed by atoms with E-state index in [1.165, 1.54) is 5.32 Å². The highest BCUT2D eigenvalue weighted by atomic mass is 32.1. The van der Waals surface area contributed by atoms with Crippen molar-refractivity contribution in [3.8, 4) is 0 Å². The third-order valence-electron chi connectivity index (χ3n) is 3.71. The molecule has 1 heterocycles. The molecular weight excluding hydrogens is 446 g/mol. The summed E-state index contributed by atoms with van der Waals surface area (Å²) < 4.78 is 60.7. The molecule has 0 bridgehead atoms. The maximum Gasteiger partial charge on any atom is 0.458 e. The first-order chi connectivity index (χ1) is 13.8. The van der Waals surface area contributed by atoms with Gasteiger partial charge in [0.2, 0.25) is 0 Å². The Morgan fingerprint density at radius 1 is 1.10 bits per heavy atom. The number of methoxy groups -OCH3 is 2. The number of anilines is 1. The summed E-state index contributed by atoms with van der Waals surface area (Å²) in [7, 11) is 1.12. The molecule has 16 heteroatoms. The van der Waals surface area contributed by atoms with E-state index in [2.05, 4.69) is 9.47 Å². The molecule has 0 spiro atoms. The number of alkyl halides is 4. The van der Waals surface area contributed by atoms with Crippen LogP contribution in [0.2, 0.25) is 0 Å². The first-order valence-corrected chi connectivity index (χ1v) is 8.20. The Labute approximate surface area is 166 Å². The van der Waals surface area contributed by atoms with Gasteiger partial charge in [-0.3, -0.25) is 25.0 Å². The van der Waals surface area contributed by atoms with Gasteiger partial charge in [-0.25, -0.2) is 4.79 Å². The van der Waals surface area contributed by atoms with Crippen molar-refractivity contribution in [3.05, 3.63) is 37.2 Å². The van der Waals surface area contributed by atoms with Gasteiger partial charge in [0.15, 0.2) is 0 Å². The molecule has 1 amide bonds. The van der Waals surface area contributed by atoms with Crippen molar-refractivity contribution in [3.63, 3.8) is 0 Å². The number of hydrogen-bond acceptors (Lipinski definition) is 9. The van der Waals surface area contributed by atoms with Crippen LogP contribution >= 0.6 is 11.3 Å². The van der Waals surface area contributed by atoms with Gasteiger partial charge in [0.1, 0.15) is 4.88 Å². The zero-order valence-corrected chi connectivity index (χ0v) is 15.6. The Morgan fingerprint density at radius 2 is 1.70 bits per heavy atom. The van der Waals surface area contributed by atoms with Crippen LogP contribution in [0.1, 0.15) is 9.67 Å². The number of nitro groups is 2. The average Bonchev–Trinajstić information content (AvgIpc) is 3.02. The number of carbonyl (C=O) groups excluding carboxylic acids is 2. The number of benzene rings is 1. The van der Waals surface area contributed by atoms with Gasteiger partial charge in [-0.05, 0) is 0 Å². The van der Waals surface area contributed by atoms with Crippen molar-refractivity contribution >= 4 is 50.4 Å². The molecule has 2 aromatic rings. The second-order valence-corrected chi connectivity index (χ2v) is 6.45. The Balaban J connectivity index is 2.82. The van der Waals surface area contributed by atoms with Gasteiger partial charge in [0, 0.05) is 13.2 Å². The van der Waals surface area contributed by atoms with Crippen LogP contribution in [0.15, 0.2) is 12.1 Å². The van der Waals surface area contributed by atoms with Crippen molar-refractivity contribution in [2.75, 3.05) is 19.5 Å². The lowest BCUT2D eigenvalue weighted by atomic mass is 10.1. The lowest BCUT2D eigenvalue weighted by Gasteiger charge is -2.24. The van der Waals surface area contributed by atoms with Gasteiger partial charge < -0.3 is 14.8 Å². The standard InChI is InChI=1S/C14H9F4N3O8S/c1-28-11(22)10-9(19-12(23)13(15,29-2)14(16,17)18)8-6(21(26)27)3-5(20(24)25)4-7(8)30-10/h3-4H,1-2H3,(H,19,23)/t13-/m0/s1. The van der Waals surface area contributed by atoms with Crippen LogP contribution in [0.4, 0.5) is 34.6 Å². The van der Waals surface area contributed by atoms with E-state index < -0.39 is 61.1 Å². The third-order valence-corrected chi connectivity index (χ3v) is 4.83. The topological polar surface area (TPSA) is 151 Å². The second-order valence-electron chi connectivity index (χ2n) is 5.40. The van der Waals surface area contributed by atoms with Crippen molar-refractivity contribution in [1.82, 2.24) is 0 Å². The monoisotopic (exact) mass is 455 g/mol. The number of fused-ring (bicyclic) bond motifs is 1. The summed E-state index contributed by atoms with van der Waals surface area (Å²) in [5, 5.41) is 23.2. The van der Waals surface area contributed by atoms with E-state index in [4.69, 9.17) is 0 Å². The van der Waals surface area contributed by atoms with Crippen LogP contribution < -0.4 is 5.32 Å². The van der Waals surface area contributed by atoms with Gasteiger partial charge in [-0.15, -0.1) is 11.3 Å². The highest BCUT2D eigenvalue weighted by molar-refractivity contribution is 7.21. The molecule has 11 nitrogen and oxygen atoms in total. The number of nitrogens with one attached hydrogen (secondary N) is 1. The summed E-state index contributed by atoms with van der Waals surface area (Å²) >= 11 is 0.345. The van der Waals surface area contributed by atoms with Gasteiger partial charge in [-0.2, -0.15) is 17.6 Å². The molecule has 1 N–H and O–H groups in total. The molecule has 0 aliphatic heterocycles. The molecule has 1 atom stereocenters. The van der Waals surface area contributed by atoms with Crippen LogP contribution in [-0.4, -0.2) is 48.0 Å². The summed E-state index contributed by atoms with van der Waals surface area (Å²) in [4.78, 5) is 43.6. The molecule has 1 aromatic heterocycles. The zero-order valence-electron chi connectivity index (χ0n) is 14.7. The number of non-ortho nitro benzene ring substituents is 2. The lowest BCUT2D eigenvalue weighted by Crippen LogP contribution is -2.52. The fourth-order valence-electron chi connectivity index (χ4n) is 2.33. The summed E-state index contributed by atoms with van der Waals surface area (Å²) in [6, 6.07) is 1.26. The average molecular weight is 455 g/mol. The van der Waals surface area contributed by atoms with E-state index in [0.717, 1.165) is 13.2 Å². The fraction of sp³-hybridized carbons (Fsp3) is 0.286. The van der Waals surface area contributed by atoms with Crippen molar-refractivity contribution in [2.24, 2.45) is 0 Å². The van der Waals surface area contributed by atoms with Crippen molar-refractivity contribution in [1.29, 1.82) is 0 Å². The van der Waals surface area contributed by atoms with Gasteiger partial charge in [0.25, 0.3) is 17.3 Å². The Bertz CT molecular complexity index is 1070. The number of nitro benzene ring substituents is 2. The molecule has 2 rings (SSSR count). The molecular formula is C14H9F4N3O8S. The molecule has 0 aliphatic rings. The highest BCUT2D eigenvalue weighted by Gasteiger charge is 2.63. The van der Waals surface area contributed by atoms with Gasteiger partial charge >= 0.3 is 18.0 Å². The Kier molecular flexibility index (Phi) is 5.94. The Morgan fingerprint density at radius 3 is 2.13 bits per heavy atom. The number of halogens is 4. The minimum Gasteiger partial charge on any atom is -0.465 e. The number of esters is 1. The van der Waals surface area contributed by atoms with E-state index in [1.54, 1.807) is 0 Å². The molecule has 0 radical (unpaired) electrons. The summed E-state index contributed by atoms with van der Waals surface area (Å²) in [5.74, 6) is -8.54. The van der Waals surface area contributed by atoms with E-state index in [1.807, 2.05) is 0 Å². The number of hydrogen-bond donors (Lipinski definition) is 1. The molecule has 1 aromatic carbocycles. The molecule has 162 valence electrons. The summed E-state index contributed by atoms with van der Waals surface area (Å²) in [5.41, 5.74) is -2.68. The van der Waals surface area contributed by atoms with Crippen LogP contribution in [0.25, 0.3) is 10.1 Å². The van der Waals surface area contributed by atoms with Gasteiger partial charge in [0.05, 0.1) is 38.8 Å². The maximum absolute atomic E-state index is 14.2. The number of thiophene rings is 1. The second kappa shape index (κ2) is 7.79. The number of rotatable bonds is 6. The summed E-state index contributed by atoms with van der Waals surface area (Å²) in [6.07, 6.45) is -5.84. The molecule has 0 aliphatic carbocycles.